The highest BCUT2D eigenvalue weighted by Crippen LogP contribution is 2.46. The Labute approximate surface area is 361 Å². The zero-order valence-electron chi connectivity index (χ0n) is 34.0. The molecule has 1 heterocycles. The zero-order chi connectivity index (χ0) is 40.7. The second kappa shape index (κ2) is 15.7. The molecule has 1 atom stereocenters. The smallest absolute Gasteiger partial charge is 0.0462 e. The van der Waals surface area contributed by atoms with Crippen LogP contribution < -0.4 is 4.90 Å². The van der Waals surface area contributed by atoms with Gasteiger partial charge in [-0.25, -0.2) is 0 Å². The molecular weight excluding hydrogens is 755 g/mol. The molecule has 11 aromatic rings. The van der Waals surface area contributed by atoms with Gasteiger partial charge < -0.3 is 4.90 Å². The fraction of sp³-hybridized carbons (Fsp3) is 0.0508. The molecule has 61 heavy (non-hydrogen) atoms. The number of anilines is 3. The van der Waals surface area contributed by atoms with Crippen molar-refractivity contribution in [3.8, 4) is 22.3 Å². The van der Waals surface area contributed by atoms with E-state index in [1.165, 1.54) is 86.2 Å². The molecule has 10 aromatic carbocycles. The fourth-order valence-electron chi connectivity index (χ4n) is 9.44. The molecule has 1 nitrogen and oxygen atoms in total. The number of thiophene rings is 1. The molecule has 0 saturated heterocycles. The van der Waals surface area contributed by atoms with E-state index in [4.69, 9.17) is 0 Å². The SMILES string of the molecule is Cc1c(C[C@H](c2ccccc2)c2ccc3c(c2)sc2c4ccc(-c5ccc(N(c6ccccc6)c6ccccc6)cc5)cc4c4ccccc4c32)cccc1-c1ccccc1. The van der Waals surface area contributed by atoms with E-state index in [1.807, 2.05) is 11.3 Å². The maximum atomic E-state index is 2.48. The first-order chi connectivity index (χ1) is 30.2. The molecule has 0 aliphatic carbocycles. The minimum Gasteiger partial charge on any atom is -0.311 e. The van der Waals surface area contributed by atoms with Crippen LogP contribution in [-0.4, -0.2) is 0 Å². The first-order valence-corrected chi connectivity index (χ1v) is 22.0. The number of nitrogens with zero attached hydrogens (tertiary/aromatic N) is 1. The van der Waals surface area contributed by atoms with Crippen LogP contribution in [0.4, 0.5) is 17.1 Å². The monoisotopic (exact) mass is 797 g/mol. The molecule has 0 amide bonds. The highest BCUT2D eigenvalue weighted by molar-refractivity contribution is 7.27. The van der Waals surface area contributed by atoms with Crippen molar-refractivity contribution in [1.82, 2.24) is 0 Å². The van der Waals surface area contributed by atoms with E-state index in [0.717, 1.165) is 23.5 Å². The van der Waals surface area contributed by atoms with Crippen molar-refractivity contribution < 1.29 is 0 Å². The predicted octanol–water partition coefficient (Wildman–Crippen LogP) is 16.8. The number of benzene rings is 10. The van der Waals surface area contributed by atoms with Crippen LogP contribution in [0.1, 0.15) is 28.2 Å². The van der Waals surface area contributed by atoms with E-state index in [-0.39, 0.29) is 5.92 Å². The van der Waals surface area contributed by atoms with Crippen molar-refractivity contribution in [3.63, 3.8) is 0 Å². The lowest BCUT2D eigenvalue weighted by Crippen LogP contribution is -2.09. The molecule has 0 fully saturated rings. The van der Waals surface area contributed by atoms with E-state index in [0.29, 0.717) is 0 Å². The summed E-state index contributed by atoms with van der Waals surface area (Å²) in [4.78, 5) is 2.31. The van der Waals surface area contributed by atoms with Gasteiger partial charge in [0.1, 0.15) is 0 Å². The Morgan fingerprint density at radius 1 is 0.410 bits per heavy atom. The maximum absolute atomic E-state index is 2.48. The Balaban J connectivity index is 0.999. The number of hydrogen-bond donors (Lipinski definition) is 0. The molecular formula is C59H43NS. The zero-order valence-corrected chi connectivity index (χ0v) is 34.8. The average Bonchev–Trinajstić information content (AvgIpc) is 3.72. The van der Waals surface area contributed by atoms with Crippen LogP contribution in [0.25, 0.3) is 64.0 Å². The lowest BCUT2D eigenvalue weighted by Gasteiger charge is -2.25. The normalized spacial score (nSPS) is 12.0. The first-order valence-electron chi connectivity index (χ1n) is 21.2. The molecule has 0 aliphatic heterocycles. The van der Waals surface area contributed by atoms with E-state index in [2.05, 4.69) is 236 Å². The molecule has 1 aromatic heterocycles. The highest BCUT2D eigenvalue weighted by Gasteiger charge is 2.21. The number of fused-ring (bicyclic) bond motifs is 8. The lowest BCUT2D eigenvalue weighted by molar-refractivity contribution is 0.802. The molecule has 0 spiro atoms. The summed E-state index contributed by atoms with van der Waals surface area (Å²) in [5, 5.41) is 7.90. The Hall–Kier alpha value is -7.26. The summed E-state index contributed by atoms with van der Waals surface area (Å²) in [6.45, 7) is 2.29. The molecule has 0 saturated carbocycles. The van der Waals surface area contributed by atoms with E-state index < -0.39 is 0 Å². The van der Waals surface area contributed by atoms with Gasteiger partial charge in [-0.1, -0.05) is 176 Å². The van der Waals surface area contributed by atoms with Crippen LogP contribution in [0.2, 0.25) is 0 Å². The van der Waals surface area contributed by atoms with Gasteiger partial charge in [0.2, 0.25) is 0 Å². The van der Waals surface area contributed by atoms with Crippen LogP contribution in [0.5, 0.6) is 0 Å². The number of para-hydroxylation sites is 2. The van der Waals surface area contributed by atoms with Crippen LogP contribution in [-0.2, 0) is 6.42 Å². The lowest BCUT2D eigenvalue weighted by atomic mass is 9.83. The Morgan fingerprint density at radius 2 is 1.00 bits per heavy atom. The summed E-state index contributed by atoms with van der Waals surface area (Å²) < 4.78 is 2.69. The van der Waals surface area contributed by atoms with Crippen LogP contribution >= 0.6 is 11.3 Å². The molecule has 2 heteroatoms. The van der Waals surface area contributed by atoms with Gasteiger partial charge in [0.15, 0.2) is 0 Å². The van der Waals surface area contributed by atoms with Crippen LogP contribution in [0.15, 0.2) is 224 Å². The van der Waals surface area contributed by atoms with Gasteiger partial charge in [-0.3, -0.25) is 0 Å². The van der Waals surface area contributed by atoms with Crippen molar-refractivity contribution in [3.05, 3.63) is 247 Å². The Kier molecular flexibility index (Phi) is 9.49. The van der Waals surface area contributed by atoms with E-state index in [1.54, 1.807) is 0 Å². The van der Waals surface area contributed by atoms with Gasteiger partial charge >= 0.3 is 0 Å². The number of rotatable bonds is 9. The summed E-state index contributed by atoms with van der Waals surface area (Å²) in [7, 11) is 0. The molecule has 11 rings (SSSR count). The largest absolute Gasteiger partial charge is 0.311 e. The molecule has 0 aliphatic rings. The van der Waals surface area contributed by atoms with Gasteiger partial charge in [0, 0.05) is 48.5 Å². The van der Waals surface area contributed by atoms with Gasteiger partial charge in [-0.15, -0.1) is 11.3 Å². The Bertz CT molecular complexity index is 3280. The third-order valence-electron chi connectivity index (χ3n) is 12.5. The Morgan fingerprint density at radius 3 is 1.70 bits per heavy atom. The van der Waals surface area contributed by atoms with E-state index in [9.17, 15) is 0 Å². The quantitative estimate of drug-likeness (QED) is 0.132. The predicted molar refractivity (Wildman–Crippen MR) is 263 cm³/mol. The summed E-state index contributed by atoms with van der Waals surface area (Å²) in [6.07, 6.45) is 0.930. The summed E-state index contributed by atoms with van der Waals surface area (Å²) in [6, 6.07) is 82.2. The third kappa shape index (κ3) is 6.76. The van der Waals surface area contributed by atoms with Gasteiger partial charge in [-0.2, -0.15) is 0 Å². The van der Waals surface area contributed by atoms with Gasteiger partial charge in [0.25, 0.3) is 0 Å². The second-order valence-electron chi connectivity index (χ2n) is 16.0. The van der Waals surface area contributed by atoms with E-state index >= 15 is 0 Å². The highest BCUT2D eigenvalue weighted by atomic mass is 32.1. The molecule has 290 valence electrons. The molecule has 0 unspecified atom stereocenters. The van der Waals surface area contributed by atoms with Crippen molar-refractivity contribution in [2.24, 2.45) is 0 Å². The second-order valence-corrected chi connectivity index (χ2v) is 17.1. The van der Waals surface area contributed by atoms with Crippen LogP contribution in [0, 0.1) is 6.92 Å². The summed E-state index contributed by atoms with van der Waals surface area (Å²) >= 11 is 1.94. The molecule has 0 radical (unpaired) electrons. The van der Waals surface area contributed by atoms with Crippen molar-refractivity contribution in [2.45, 2.75) is 19.3 Å². The molecule has 0 bridgehead atoms. The summed E-state index contributed by atoms with van der Waals surface area (Å²) in [5.41, 5.74) is 13.8. The minimum absolute atomic E-state index is 0.218. The fourth-order valence-corrected chi connectivity index (χ4v) is 10.7. The topological polar surface area (TPSA) is 3.24 Å². The van der Waals surface area contributed by atoms with Gasteiger partial charge in [-0.05, 0) is 123 Å². The maximum Gasteiger partial charge on any atom is 0.0462 e. The minimum atomic E-state index is 0.218. The van der Waals surface area contributed by atoms with Crippen molar-refractivity contribution >= 4 is 70.1 Å². The average molecular weight is 798 g/mol. The number of hydrogen-bond acceptors (Lipinski definition) is 2. The summed E-state index contributed by atoms with van der Waals surface area (Å²) in [5.74, 6) is 0.218. The standard InChI is InChI=1S/C59H43NS/c1-40-44(21-16-28-50(40)42-17-6-2-7-18-42)37-55(43-19-8-3-9-20-43)46-32-36-54-57(39-46)61-59-53-35-31-45(38-56(53)51-26-14-15-27-52(51)58(54)59)41-29-33-49(34-30-41)60(47-22-10-4-11-23-47)48-24-12-5-13-25-48/h2-36,38-39,55H,37H2,1H3/t55-/m1/s1. The van der Waals surface area contributed by atoms with Crippen LogP contribution in [0.3, 0.4) is 0 Å². The van der Waals surface area contributed by atoms with Crippen molar-refractivity contribution in [2.75, 3.05) is 4.90 Å². The van der Waals surface area contributed by atoms with Crippen molar-refractivity contribution in [1.29, 1.82) is 0 Å². The molecule has 0 N–H and O–H groups in total. The third-order valence-corrected chi connectivity index (χ3v) is 13.7. The first kappa shape index (κ1) is 36.8. The van der Waals surface area contributed by atoms with Gasteiger partial charge in [0.05, 0.1) is 0 Å².